The van der Waals surface area contributed by atoms with E-state index in [9.17, 15) is 18.0 Å². The molecule has 2 fully saturated rings. The van der Waals surface area contributed by atoms with E-state index in [0.717, 1.165) is 0 Å². The third-order valence-electron chi connectivity index (χ3n) is 4.75. The fraction of sp³-hybridized carbons (Fsp3) is 0.500. The zero-order chi connectivity index (χ0) is 18.4. The molecule has 0 aromatic heterocycles. The molecule has 1 aromatic rings. The first kappa shape index (κ1) is 18.2. The second-order valence-electron chi connectivity index (χ2n) is 6.53. The smallest absolute Gasteiger partial charge is 0.285 e. The third-order valence-corrected chi connectivity index (χ3v) is 6.75. The van der Waals surface area contributed by atoms with Gasteiger partial charge in [0.2, 0.25) is 0 Å². The van der Waals surface area contributed by atoms with Gasteiger partial charge in [0, 0.05) is 16.8 Å². The van der Waals surface area contributed by atoms with Crippen molar-refractivity contribution in [3.63, 3.8) is 0 Å². The molecular formula is C16H20ClN3O4S. The van der Waals surface area contributed by atoms with E-state index in [1.165, 1.54) is 9.80 Å². The number of sulfone groups is 1. The summed E-state index contributed by atoms with van der Waals surface area (Å²) in [6, 6.07) is 5.52. The molecule has 0 saturated carbocycles. The largest absolute Gasteiger partial charge is 0.333 e. The van der Waals surface area contributed by atoms with Crippen molar-refractivity contribution in [1.82, 2.24) is 9.80 Å². The predicted molar refractivity (Wildman–Crippen MR) is 95.3 cm³/mol. The lowest BCUT2D eigenvalue weighted by Gasteiger charge is -2.27. The molecule has 2 aliphatic rings. The molecule has 2 heterocycles. The molecule has 0 bridgehead atoms. The molecule has 0 aliphatic carbocycles. The summed E-state index contributed by atoms with van der Waals surface area (Å²) in [7, 11) is -1.28. The number of halogens is 1. The SMILES string of the molecule is C[C@H]1C(=O)N(CN(C)[C@H]2CCS(=O)(=O)C2)C(=O)N1c1ccc(Cl)cc1. The summed E-state index contributed by atoms with van der Waals surface area (Å²) < 4.78 is 23.3. The molecule has 2 aliphatic heterocycles. The Bertz CT molecular complexity index is 796. The van der Waals surface area contributed by atoms with Crippen LogP contribution in [-0.2, 0) is 14.6 Å². The lowest BCUT2D eigenvalue weighted by atomic mass is 10.2. The van der Waals surface area contributed by atoms with Crippen molar-refractivity contribution in [1.29, 1.82) is 0 Å². The van der Waals surface area contributed by atoms with E-state index in [1.54, 1.807) is 43.1 Å². The number of carbonyl (C=O) groups is 2. The quantitative estimate of drug-likeness (QED) is 0.735. The van der Waals surface area contributed by atoms with Gasteiger partial charge in [0.05, 0.1) is 18.2 Å². The Kier molecular flexibility index (Phi) is 4.78. The number of rotatable bonds is 4. The standard InChI is InChI=1S/C16H20ClN3O4S/c1-11-15(21)19(10-18(2)14-7-8-25(23,24)9-14)16(22)20(11)13-5-3-12(17)4-6-13/h3-6,11,14H,7-10H2,1-2H3/t11-,14-/m0/s1. The van der Waals surface area contributed by atoms with Gasteiger partial charge in [-0.1, -0.05) is 11.6 Å². The van der Waals surface area contributed by atoms with Crippen LogP contribution in [0.1, 0.15) is 13.3 Å². The third kappa shape index (κ3) is 3.51. The minimum Gasteiger partial charge on any atom is -0.285 e. The summed E-state index contributed by atoms with van der Waals surface area (Å²) in [5, 5.41) is 0.549. The molecule has 0 radical (unpaired) electrons. The van der Waals surface area contributed by atoms with E-state index < -0.39 is 21.9 Å². The number of nitrogens with zero attached hydrogens (tertiary/aromatic N) is 3. The van der Waals surface area contributed by atoms with Crippen molar-refractivity contribution in [2.24, 2.45) is 0 Å². The molecule has 9 heteroatoms. The molecule has 136 valence electrons. The summed E-state index contributed by atoms with van der Waals surface area (Å²) in [6.45, 7) is 1.75. The van der Waals surface area contributed by atoms with Crippen LogP contribution in [0, 0.1) is 0 Å². The number of benzene rings is 1. The predicted octanol–water partition coefficient (Wildman–Crippen LogP) is 1.57. The number of imide groups is 1. The number of hydrogen-bond acceptors (Lipinski definition) is 5. The van der Waals surface area contributed by atoms with Crippen LogP contribution in [0.5, 0.6) is 0 Å². The highest BCUT2D eigenvalue weighted by Gasteiger charge is 2.44. The molecule has 3 rings (SSSR count). The Morgan fingerprint density at radius 1 is 1.24 bits per heavy atom. The Morgan fingerprint density at radius 3 is 2.44 bits per heavy atom. The maximum atomic E-state index is 12.7. The van der Waals surface area contributed by atoms with Crippen molar-refractivity contribution in [3.05, 3.63) is 29.3 Å². The Morgan fingerprint density at radius 2 is 1.88 bits per heavy atom. The second kappa shape index (κ2) is 6.59. The van der Waals surface area contributed by atoms with Gasteiger partial charge >= 0.3 is 6.03 Å². The van der Waals surface area contributed by atoms with Gasteiger partial charge in [-0.2, -0.15) is 0 Å². The van der Waals surface area contributed by atoms with Gasteiger partial charge < -0.3 is 0 Å². The Balaban J connectivity index is 1.75. The summed E-state index contributed by atoms with van der Waals surface area (Å²) in [4.78, 5) is 29.6. The van der Waals surface area contributed by atoms with Crippen LogP contribution in [0.15, 0.2) is 24.3 Å². The highest BCUT2D eigenvalue weighted by Crippen LogP contribution is 2.27. The zero-order valence-corrected chi connectivity index (χ0v) is 15.6. The molecular weight excluding hydrogens is 366 g/mol. The van der Waals surface area contributed by atoms with Crippen LogP contribution >= 0.6 is 11.6 Å². The van der Waals surface area contributed by atoms with Gasteiger partial charge in [-0.25, -0.2) is 18.1 Å². The van der Waals surface area contributed by atoms with Gasteiger partial charge in [0.25, 0.3) is 5.91 Å². The first-order valence-corrected chi connectivity index (χ1v) is 10.2. The molecule has 7 nitrogen and oxygen atoms in total. The summed E-state index contributed by atoms with van der Waals surface area (Å²) in [6.07, 6.45) is 0.519. The van der Waals surface area contributed by atoms with E-state index in [0.29, 0.717) is 17.1 Å². The van der Waals surface area contributed by atoms with Crippen LogP contribution in [0.4, 0.5) is 10.5 Å². The van der Waals surface area contributed by atoms with E-state index in [1.807, 2.05) is 0 Å². The molecule has 0 N–H and O–H groups in total. The Hall–Kier alpha value is -1.64. The molecule has 25 heavy (non-hydrogen) atoms. The van der Waals surface area contributed by atoms with Crippen LogP contribution in [0.25, 0.3) is 0 Å². The van der Waals surface area contributed by atoms with Crippen molar-refractivity contribution >= 4 is 39.1 Å². The monoisotopic (exact) mass is 385 g/mol. The van der Waals surface area contributed by atoms with E-state index in [2.05, 4.69) is 0 Å². The van der Waals surface area contributed by atoms with Gasteiger partial charge in [-0.05, 0) is 44.7 Å². The number of urea groups is 1. The van der Waals surface area contributed by atoms with Crippen LogP contribution in [0.3, 0.4) is 0 Å². The lowest BCUT2D eigenvalue weighted by Crippen LogP contribution is -2.45. The van der Waals surface area contributed by atoms with Crippen molar-refractivity contribution in [3.8, 4) is 0 Å². The first-order valence-electron chi connectivity index (χ1n) is 8.00. The topological polar surface area (TPSA) is 78.0 Å². The van der Waals surface area contributed by atoms with Crippen molar-refractivity contribution in [2.45, 2.75) is 25.4 Å². The molecule has 2 atom stereocenters. The van der Waals surface area contributed by atoms with Crippen LogP contribution in [0.2, 0.25) is 5.02 Å². The van der Waals surface area contributed by atoms with Crippen molar-refractivity contribution < 1.29 is 18.0 Å². The summed E-state index contributed by atoms with van der Waals surface area (Å²) in [5.41, 5.74) is 0.601. The zero-order valence-electron chi connectivity index (χ0n) is 14.1. The maximum absolute atomic E-state index is 12.7. The number of hydrogen-bond donors (Lipinski definition) is 0. The molecule has 3 amide bonds. The summed E-state index contributed by atoms with van der Waals surface area (Å²) in [5.74, 6) is -0.0828. The molecule has 0 spiro atoms. The first-order chi connectivity index (χ1) is 11.7. The van der Waals surface area contributed by atoms with Crippen LogP contribution < -0.4 is 4.90 Å². The molecule has 1 aromatic carbocycles. The van der Waals surface area contributed by atoms with E-state index in [4.69, 9.17) is 11.6 Å². The number of amides is 3. The van der Waals surface area contributed by atoms with Gasteiger partial charge in [-0.3, -0.25) is 14.6 Å². The van der Waals surface area contributed by atoms with Crippen molar-refractivity contribution in [2.75, 3.05) is 30.1 Å². The minimum absolute atomic E-state index is 0.0656. The molecule has 0 unspecified atom stereocenters. The molecule has 2 saturated heterocycles. The number of carbonyl (C=O) groups excluding carboxylic acids is 2. The highest BCUT2D eigenvalue weighted by molar-refractivity contribution is 7.91. The van der Waals surface area contributed by atoms with Gasteiger partial charge in [-0.15, -0.1) is 0 Å². The summed E-state index contributed by atoms with van der Waals surface area (Å²) >= 11 is 5.88. The minimum atomic E-state index is -3.02. The van der Waals surface area contributed by atoms with E-state index in [-0.39, 0.29) is 30.1 Å². The van der Waals surface area contributed by atoms with Gasteiger partial charge in [0.15, 0.2) is 9.84 Å². The van der Waals surface area contributed by atoms with Gasteiger partial charge in [0.1, 0.15) is 6.04 Å². The fourth-order valence-corrected chi connectivity index (χ4v) is 5.18. The Labute approximate surface area is 152 Å². The second-order valence-corrected chi connectivity index (χ2v) is 9.19. The number of anilines is 1. The maximum Gasteiger partial charge on any atom is 0.333 e. The fourth-order valence-electron chi connectivity index (χ4n) is 3.25. The highest BCUT2D eigenvalue weighted by atomic mass is 35.5. The average molecular weight is 386 g/mol. The normalized spacial score (nSPS) is 26.1. The average Bonchev–Trinajstić information content (AvgIpc) is 3.01. The van der Waals surface area contributed by atoms with Crippen LogP contribution in [-0.4, -0.2) is 67.5 Å². The lowest BCUT2D eigenvalue weighted by molar-refractivity contribution is -0.128. The van der Waals surface area contributed by atoms with E-state index >= 15 is 0 Å².